The van der Waals surface area contributed by atoms with Crippen LogP contribution in [0.25, 0.3) is 10.9 Å². The number of hydrogen-bond donors (Lipinski definition) is 2. The number of aliphatic hydroxyl groups is 1. The minimum Gasteiger partial charge on any atom is -0.479 e. The normalized spacial score (nSPS) is 23.7. The molecule has 0 unspecified atom stereocenters. The summed E-state index contributed by atoms with van der Waals surface area (Å²) in [7, 11) is 1.57. The first-order valence-corrected chi connectivity index (χ1v) is 5.96. The molecule has 0 radical (unpaired) electrons. The van der Waals surface area contributed by atoms with Crippen LogP contribution in [0.15, 0.2) is 12.3 Å². The van der Waals surface area contributed by atoms with Gasteiger partial charge in [0.05, 0.1) is 25.5 Å². The summed E-state index contributed by atoms with van der Waals surface area (Å²) in [5.41, 5.74) is 1.65. The SMILES string of the molecule is COc1nccc2c([C@H]3CC[C@@H](CO)O3)[nH]nc12. The highest BCUT2D eigenvalue weighted by molar-refractivity contribution is 5.85. The highest BCUT2D eigenvalue weighted by Gasteiger charge is 2.29. The Labute approximate surface area is 104 Å². The zero-order valence-electron chi connectivity index (χ0n) is 10.1. The molecule has 1 fully saturated rings. The van der Waals surface area contributed by atoms with Crippen LogP contribution in [0.2, 0.25) is 0 Å². The molecule has 18 heavy (non-hydrogen) atoms. The third-order valence-corrected chi connectivity index (χ3v) is 3.30. The van der Waals surface area contributed by atoms with Gasteiger partial charge in [-0.15, -0.1) is 0 Å². The van der Waals surface area contributed by atoms with Gasteiger partial charge in [0.15, 0.2) is 5.52 Å². The molecule has 6 heteroatoms. The van der Waals surface area contributed by atoms with Gasteiger partial charge in [0.25, 0.3) is 0 Å². The summed E-state index contributed by atoms with van der Waals surface area (Å²) in [6, 6.07) is 1.90. The first kappa shape index (κ1) is 11.4. The van der Waals surface area contributed by atoms with Crippen molar-refractivity contribution in [2.45, 2.75) is 25.0 Å². The number of pyridine rings is 1. The second-order valence-electron chi connectivity index (χ2n) is 4.36. The van der Waals surface area contributed by atoms with Crippen molar-refractivity contribution in [1.29, 1.82) is 0 Å². The van der Waals surface area contributed by atoms with Crippen LogP contribution < -0.4 is 4.74 Å². The van der Waals surface area contributed by atoms with Gasteiger partial charge in [-0.3, -0.25) is 5.10 Å². The van der Waals surface area contributed by atoms with Crippen LogP contribution in [-0.2, 0) is 4.74 Å². The highest BCUT2D eigenvalue weighted by Crippen LogP contribution is 2.36. The van der Waals surface area contributed by atoms with Gasteiger partial charge in [0.1, 0.15) is 6.10 Å². The van der Waals surface area contributed by atoms with Crippen molar-refractivity contribution in [3.8, 4) is 5.88 Å². The maximum atomic E-state index is 9.10. The Hall–Kier alpha value is -1.66. The summed E-state index contributed by atoms with van der Waals surface area (Å²) < 4.78 is 10.9. The van der Waals surface area contributed by atoms with Crippen LogP contribution in [0.4, 0.5) is 0 Å². The van der Waals surface area contributed by atoms with E-state index in [9.17, 15) is 0 Å². The average molecular weight is 249 g/mol. The number of nitrogens with zero attached hydrogens (tertiary/aromatic N) is 2. The lowest BCUT2D eigenvalue weighted by molar-refractivity contribution is 0.00979. The molecule has 2 aromatic rings. The number of rotatable bonds is 3. The molecule has 2 N–H and O–H groups in total. The molecule has 0 spiro atoms. The quantitative estimate of drug-likeness (QED) is 0.853. The number of H-pyrrole nitrogens is 1. The van der Waals surface area contributed by atoms with Crippen LogP contribution in [0.1, 0.15) is 24.6 Å². The Kier molecular flexibility index (Phi) is 2.89. The van der Waals surface area contributed by atoms with Gasteiger partial charge in [-0.1, -0.05) is 0 Å². The smallest absolute Gasteiger partial charge is 0.242 e. The fourth-order valence-corrected chi connectivity index (χ4v) is 2.38. The van der Waals surface area contributed by atoms with Crippen LogP contribution in [-0.4, -0.2) is 40.1 Å². The lowest BCUT2D eigenvalue weighted by Crippen LogP contribution is -2.11. The van der Waals surface area contributed by atoms with E-state index < -0.39 is 0 Å². The summed E-state index contributed by atoms with van der Waals surface area (Å²) in [6.45, 7) is 0.0629. The summed E-state index contributed by atoms with van der Waals surface area (Å²) in [5, 5.41) is 17.3. The third kappa shape index (κ3) is 1.74. The van der Waals surface area contributed by atoms with Gasteiger partial charge >= 0.3 is 0 Å². The zero-order valence-corrected chi connectivity index (χ0v) is 10.1. The number of fused-ring (bicyclic) bond motifs is 1. The standard InChI is InChI=1S/C12H15N3O3/c1-17-12-11-8(4-5-13-12)10(14-15-11)9-3-2-7(6-16)18-9/h4-5,7,9,16H,2-3,6H2,1H3,(H,14,15)/t7-,9+/m0/s1. The van der Waals surface area contributed by atoms with E-state index in [0.29, 0.717) is 11.4 Å². The number of hydrogen-bond acceptors (Lipinski definition) is 5. The van der Waals surface area contributed by atoms with Crippen LogP contribution in [0.5, 0.6) is 5.88 Å². The number of aromatic nitrogens is 3. The summed E-state index contributed by atoms with van der Waals surface area (Å²) in [4.78, 5) is 4.11. The molecule has 1 aliphatic heterocycles. The highest BCUT2D eigenvalue weighted by atomic mass is 16.5. The summed E-state index contributed by atoms with van der Waals surface area (Å²) in [5.74, 6) is 0.506. The van der Waals surface area contributed by atoms with Crippen molar-refractivity contribution < 1.29 is 14.6 Å². The van der Waals surface area contributed by atoms with Crippen LogP contribution in [0.3, 0.4) is 0 Å². The van der Waals surface area contributed by atoms with Gasteiger partial charge in [-0.05, 0) is 18.9 Å². The minimum absolute atomic E-state index is 0.0424. The van der Waals surface area contributed by atoms with Crippen molar-refractivity contribution in [3.05, 3.63) is 18.0 Å². The van der Waals surface area contributed by atoms with Crippen molar-refractivity contribution >= 4 is 10.9 Å². The van der Waals surface area contributed by atoms with Gasteiger partial charge in [-0.2, -0.15) is 5.10 Å². The fourth-order valence-electron chi connectivity index (χ4n) is 2.38. The van der Waals surface area contributed by atoms with Crippen molar-refractivity contribution in [3.63, 3.8) is 0 Å². The number of aromatic amines is 1. The first-order valence-electron chi connectivity index (χ1n) is 5.96. The Morgan fingerprint density at radius 1 is 1.56 bits per heavy atom. The van der Waals surface area contributed by atoms with Crippen molar-refractivity contribution in [2.24, 2.45) is 0 Å². The van der Waals surface area contributed by atoms with Crippen molar-refractivity contribution in [2.75, 3.05) is 13.7 Å². The lowest BCUT2D eigenvalue weighted by Gasteiger charge is -2.10. The molecule has 1 aliphatic rings. The van der Waals surface area contributed by atoms with Gasteiger partial charge in [-0.25, -0.2) is 4.98 Å². The van der Waals surface area contributed by atoms with E-state index in [0.717, 1.165) is 23.9 Å². The fraction of sp³-hybridized carbons (Fsp3) is 0.500. The van der Waals surface area contributed by atoms with Gasteiger partial charge < -0.3 is 14.6 Å². The minimum atomic E-state index is -0.0721. The predicted octanol–water partition coefficient (Wildman–Crippen LogP) is 1.18. The van der Waals surface area contributed by atoms with Crippen LogP contribution in [0, 0.1) is 0 Å². The Morgan fingerprint density at radius 3 is 3.17 bits per heavy atom. The number of aliphatic hydroxyl groups excluding tert-OH is 1. The molecule has 0 amide bonds. The van der Waals surface area contributed by atoms with Crippen molar-refractivity contribution in [1.82, 2.24) is 15.2 Å². The van der Waals surface area contributed by atoms with Gasteiger partial charge in [0, 0.05) is 11.6 Å². The maximum absolute atomic E-state index is 9.10. The Bertz CT molecular complexity index is 554. The molecule has 0 saturated carbocycles. The molecule has 0 aliphatic carbocycles. The topological polar surface area (TPSA) is 80.3 Å². The Morgan fingerprint density at radius 2 is 2.44 bits per heavy atom. The Balaban J connectivity index is 1.98. The molecule has 1 saturated heterocycles. The molecule has 3 rings (SSSR count). The largest absolute Gasteiger partial charge is 0.479 e. The maximum Gasteiger partial charge on any atom is 0.242 e. The number of ether oxygens (including phenoxy) is 2. The average Bonchev–Trinajstić information content (AvgIpc) is 3.03. The van der Waals surface area contributed by atoms with E-state index in [2.05, 4.69) is 15.2 Å². The molecule has 3 heterocycles. The van der Waals surface area contributed by atoms with Crippen LogP contribution >= 0.6 is 0 Å². The van der Waals surface area contributed by atoms with E-state index in [1.54, 1.807) is 13.3 Å². The lowest BCUT2D eigenvalue weighted by atomic mass is 10.1. The predicted molar refractivity (Wildman–Crippen MR) is 64.4 cm³/mol. The molecule has 96 valence electrons. The molecule has 0 aromatic carbocycles. The monoisotopic (exact) mass is 249 g/mol. The molecular weight excluding hydrogens is 234 g/mol. The van der Waals surface area contributed by atoms with E-state index in [4.69, 9.17) is 14.6 Å². The molecule has 0 bridgehead atoms. The second kappa shape index (κ2) is 4.55. The molecule has 6 nitrogen and oxygen atoms in total. The van der Waals surface area contributed by atoms with E-state index >= 15 is 0 Å². The van der Waals surface area contributed by atoms with E-state index in [1.807, 2.05) is 6.07 Å². The van der Waals surface area contributed by atoms with E-state index in [1.165, 1.54) is 0 Å². The van der Waals surface area contributed by atoms with Gasteiger partial charge in [0.2, 0.25) is 5.88 Å². The van der Waals surface area contributed by atoms with E-state index in [-0.39, 0.29) is 18.8 Å². The second-order valence-corrected chi connectivity index (χ2v) is 4.36. The molecule has 2 aromatic heterocycles. The zero-order chi connectivity index (χ0) is 12.5. The summed E-state index contributed by atoms with van der Waals surface area (Å²) >= 11 is 0. The number of nitrogens with one attached hydrogen (secondary N) is 1. The summed E-state index contributed by atoms with van der Waals surface area (Å²) in [6.07, 6.45) is 3.33. The molecule has 2 atom stereocenters. The first-order chi connectivity index (χ1) is 8.83. The number of methoxy groups -OCH3 is 1. The third-order valence-electron chi connectivity index (χ3n) is 3.30. The molecular formula is C12H15N3O3.